The fourth-order valence-corrected chi connectivity index (χ4v) is 2.97. The van der Waals surface area contributed by atoms with Gasteiger partial charge in [-0.05, 0) is 61.2 Å². The first kappa shape index (κ1) is 17.0. The highest BCUT2D eigenvalue weighted by molar-refractivity contribution is 6.05. The number of H-pyrrole nitrogens is 1. The average Bonchev–Trinajstić information content (AvgIpc) is 2.57. The molecular formula is C21H22N2O2. The van der Waals surface area contributed by atoms with Gasteiger partial charge in [0.25, 0.3) is 5.91 Å². The Balaban J connectivity index is 1.92. The van der Waals surface area contributed by atoms with Crippen molar-refractivity contribution in [3.8, 4) is 0 Å². The van der Waals surface area contributed by atoms with Gasteiger partial charge in [0.15, 0.2) is 0 Å². The van der Waals surface area contributed by atoms with E-state index < -0.39 is 0 Å². The predicted molar refractivity (Wildman–Crippen MR) is 102 cm³/mol. The molecule has 4 heteroatoms. The number of aromatic amines is 1. The van der Waals surface area contributed by atoms with Crippen molar-refractivity contribution in [2.75, 3.05) is 5.32 Å². The molecule has 0 bridgehead atoms. The molecule has 0 aliphatic heterocycles. The van der Waals surface area contributed by atoms with E-state index in [2.05, 4.69) is 17.2 Å². The second kappa shape index (κ2) is 6.93. The van der Waals surface area contributed by atoms with Gasteiger partial charge in [-0.25, -0.2) is 0 Å². The van der Waals surface area contributed by atoms with E-state index in [-0.39, 0.29) is 11.5 Å². The van der Waals surface area contributed by atoms with Crippen LogP contribution in [0.15, 0.2) is 47.3 Å². The molecule has 0 fully saturated rings. The van der Waals surface area contributed by atoms with Crippen molar-refractivity contribution in [2.24, 2.45) is 0 Å². The summed E-state index contributed by atoms with van der Waals surface area (Å²) in [5.74, 6) is -0.158. The summed E-state index contributed by atoms with van der Waals surface area (Å²) in [6.07, 6.45) is 1.83. The molecule has 2 N–H and O–H groups in total. The Morgan fingerprint density at radius 1 is 1.04 bits per heavy atom. The largest absolute Gasteiger partial charge is 0.322 e. The Labute approximate surface area is 146 Å². The van der Waals surface area contributed by atoms with Crippen LogP contribution in [0.2, 0.25) is 0 Å². The second-order valence-corrected chi connectivity index (χ2v) is 6.42. The molecule has 0 spiro atoms. The summed E-state index contributed by atoms with van der Waals surface area (Å²) in [6.45, 7) is 6.10. The van der Waals surface area contributed by atoms with E-state index in [0.29, 0.717) is 11.3 Å². The van der Waals surface area contributed by atoms with E-state index in [1.54, 1.807) is 6.07 Å². The van der Waals surface area contributed by atoms with Crippen LogP contribution < -0.4 is 10.9 Å². The molecule has 1 amide bonds. The topological polar surface area (TPSA) is 62.0 Å². The third kappa shape index (κ3) is 3.63. The summed E-state index contributed by atoms with van der Waals surface area (Å²) in [5.41, 5.74) is 5.19. The molecule has 1 heterocycles. The number of benzene rings is 2. The maximum Gasteiger partial charge on any atom is 0.255 e. The van der Waals surface area contributed by atoms with Gasteiger partial charge in [-0.2, -0.15) is 0 Å². The lowest BCUT2D eigenvalue weighted by Crippen LogP contribution is -2.13. The minimum absolute atomic E-state index is 0.117. The lowest BCUT2D eigenvalue weighted by atomic mass is 10.0. The summed E-state index contributed by atoms with van der Waals surface area (Å²) < 4.78 is 0. The van der Waals surface area contributed by atoms with E-state index in [4.69, 9.17) is 0 Å². The molecule has 3 aromatic rings. The maximum absolute atomic E-state index is 12.5. The number of hydrogen-bond donors (Lipinski definition) is 2. The van der Waals surface area contributed by atoms with Crippen LogP contribution in [-0.4, -0.2) is 10.9 Å². The lowest BCUT2D eigenvalue weighted by molar-refractivity contribution is 0.102. The molecule has 4 nitrogen and oxygen atoms in total. The Kier molecular flexibility index (Phi) is 4.70. The van der Waals surface area contributed by atoms with Crippen LogP contribution in [0.25, 0.3) is 10.9 Å². The Hall–Kier alpha value is -2.88. The van der Waals surface area contributed by atoms with E-state index >= 15 is 0 Å². The fraction of sp³-hybridized carbons (Fsp3) is 0.238. The van der Waals surface area contributed by atoms with Gasteiger partial charge in [-0.3, -0.25) is 9.59 Å². The highest BCUT2D eigenvalue weighted by Gasteiger charge is 2.09. The molecule has 0 saturated heterocycles. The van der Waals surface area contributed by atoms with E-state index in [1.807, 2.05) is 50.2 Å². The monoisotopic (exact) mass is 334 g/mol. The number of carbonyl (C=O) groups is 1. The Morgan fingerprint density at radius 2 is 1.84 bits per heavy atom. The van der Waals surface area contributed by atoms with Crippen molar-refractivity contribution in [1.29, 1.82) is 0 Å². The first-order valence-electron chi connectivity index (χ1n) is 8.52. The first-order valence-corrected chi connectivity index (χ1v) is 8.52. The summed E-state index contributed by atoms with van der Waals surface area (Å²) in [5, 5.41) is 3.93. The number of aryl methyl sites for hydroxylation is 3. The molecule has 25 heavy (non-hydrogen) atoms. The van der Waals surface area contributed by atoms with Gasteiger partial charge in [-0.15, -0.1) is 0 Å². The molecule has 0 aliphatic rings. The molecule has 2 aromatic carbocycles. The summed E-state index contributed by atoms with van der Waals surface area (Å²) in [4.78, 5) is 27.2. The van der Waals surface area contributed by atoms with Crippen molar-refractivity contribution in [2.45, 2.75) is 33.6 Å². The summed E-state index contributed by atoms with van der Waals surface area (Å²) in [6, 6.07) is 12.9. The standard InChI is InChI=1S/C21H22N2O2/c1-4-5-15-11-20(24)23-19-12-17(8-9-18(15)19)22-21(25)16-7-6-13(2)14(3)10-16/h6-12H,4-5H2,1-3H3,(H,22,25)(H,23,24). The smallest absolute Gasteiger partial charge is 0.255 e. The number of carbonyl (C=O) groups excluding carboxylic acids is 1. The van der Waals surface area contributed by atoms with Gasteiger partial charge >= 0.3 is 0 Å². The normalized spacial score (nSPS) is 10.8. The molecule has 128 valence electrons. The molecule has 0 radical (unpaired) electrons. The molecule has 0 unspecified atom stereocenters. The quantitative estimate of drug-likeness (QED) is 0.745. The first-order chi connectivity index (χ1) is 12.0. The van der Waals surface area contributed by atoms with E-state index in [0.717, 1.165) is 40.4 Å². The molecule has 1 aromatic heterocycles. The van der Waals surface area contributed by atoms with E-state index in [1.165, 1.54) is 0 Å². The zero-order valence-corrected chi connectivity index (χ0v) is 14.8. The number of fused-ring (bicyclic) bond motifs is 1. The van der Waals surface area contributed by atoms with Gasteiger partial charge in [0.05, 0.1) is 5.52 Å². The van der Waals surface area contributed by atoms with Crippen molar-refractivity contribution < 1.29 is 4.79 Å². The number of pyridine rings is 1. The minimum atomic E-state index is -0.158. The third-order valence-corrected chi connectivity index (χ3v) is 4.48. The molecular weight excluding hydrogens is 312 g/mol. The third-order valence-electron chi connectivity index (χ3n) is 4.48. The zero-order chi connectivity index (χ0) is 18.0. The number of amides is 1. The van der Waals surface area contributed by atoms with Crippen molar-refractivity contribution in [3.05, 3.63) is 75.1 Å². The fourth-order valence-electron chi connectivity index (χ4n) is 2.97. The Bertz CT molecular complexity index is 1000. The number of nitrogens with one attached hydrogen (secondary N) is 2. The maximum atomic E-state index is 12.5. The highest BCUT2D eigenvalue weighted by atomic mass is 16.1. The molecule has 0 saturated carbocycles. The second-order valence-electron chi connectivity index (χ2n) is 6.42. The number of hydrogen-bond acceptors (Lipinski definition) is 2. The van der Waals surface area contributed by atoms with Gasteiger partial charge in [0.2, 0.25) is 5.56 Å². The number of aromatic nitrogens is 1. The SMILES string of the molecule is CCCc1cc(=O)[nH]c2cc(NC(=O)c3ccc(C)c(C)c3)ccc12. The van der Waals surface area contributed by atoms with Crippen LogP contribution in [-0.2, 0) is 6.42 Å². The highest BCUT2D eigenvalue weighted by Crippen LogP contribution is 2.21. The van der Waals surface area contributed by atoms with Crippen LogP contribution in [0.3, 0.4) is 0 Å². The number of anilines is 1. The van der Waals surface area contributed by atoms with Gasteiger partial charge in [-0.1, -0.05) is 25.5 Å². The van der Waals surface area contributed by atoms with Crippen molar-refractivity contribution in [1.82, 2.24) is 4.98 Å². The van der Waals surface area contributed by atoms with Crippen LogP contribution in [0.4, 0.5) is 5.69 Å². The lowest BCUT2D eigenvalue weighted by Gasteiger charge is -2.10. The van der Waals surface area contributed by atoms with Crippen molar-refractivity contribution >= 4 is 22.5 Å². The molecule has 3 rings (SSSR count). The zero-order valence-electron chi connectivity index (χ0n) is 14.8. The van der Waals surface area contributed by atoms with Gasteiger partial charge < -0.3 is 10.3 Å². The van der Waals surface area contributed by atoms with Gasteiger partial charge in [0.1, 0.15) is 0 Å². The van der Waals surface area contributed by atoms with Crippen LogP contribution in [0.5, 0.6) is 0 Å². The average molecular weight is 334 g/mol. The van der Waals surface area contributed by atoms with Crippen LogP contribution in [0.1, 0.15) is 40.4 Å². The minimum Gasteiger partial charge on any atom is -0.322 e. The van der Waals surface area contributed by atoms with Crippen LogP contribution >= 0.6 is 0 Å². The Morgan fingerprint density at radius 3 is 2.56 bits per heavy atom. The van der Waals surface area contributed by atoms with E-state index in [9.17, 15) is 9.59 Å². The van der Waals surface area contributed by atoms with Crippen LogP contribution in [0, 0.1) is 13.8 Å². The van der Waals surface area contributed by atoms with Crippen molar-refractivity contribution in [3.63, 3.8) is 0 Å². The van der Waals surface area contributed by atoms with Gasteiger partial charge in [0, 0.05) is 22.7 Å². The molecule has 0 aliphatic carbocycles. The number of rotatable bonds is 4. The summed E-state index contributed by atoms with van der Waals surface area (Å²) >= 11 is 0. The predicted octanol–water partition coefficient (Wildman–Crippen LogP) is 4.35. The molecule has 0 atom stereocenters. The summed E-state index contributed by atoms with van der Waals surface area (Å²) in [7, 11) is 0.